The van der Waals surface area contributed by atoms with Crippen LogP contribution in [0.2, 0.25) is 0 Å². The molecule has 1 aliphatic rings. The fraction of sp³-hybridized carbons (Fsp3) is 0.314. The standard InChI is InChI=1S/C35H28F10O3/c1-2-13-46-23-7-3-19(4-8-23)20-5-10-25(27(36)14-20)21-6-11-26(28(37)15-21)22-16-30(39)33(31(40)17-22)34(41,42)47-24-9-12-32(29(38)18-24)48-35(43,44)45/h5-6,9-12,14-19,23H,2-4,7-8,13H2,1H3. The van der Waals surface area contributed by atoms with E-state index in [1.165, 1.54) is 18.2 Å². The van der Waals surface area contributed by atoms with E-state index in [1.807, 2.05) is 6.92 Å². The molecule has 0 radical (unpaired) electrons. The Labute approximate surface area is 269 Å². The van der Waals surface area contributed by atoms with Gasteiger partial charge in [0.15, 0.2) is 11.6 Å². The largest absolute Gasteiger partial charge is 0.573 e. The molecule has 5 rings (SSSR count). The summed E-state index contributed by atoms with van der Waals surface area (Å²) in [7, 11) is 0. The van der Waals surface area contributed by atoms with E-state index >= 15 is 8.78 Å². The number of rotatable bonds is 10. The van der Waals surface area contributed by atoms with E-state index in [2.05, 4.69) is 9.47 Å². The summed E-state index contributed by atoms with van der Waals surface area (Å²) in [4.78, 5) is 0. The summed E-state index contributed by atoms with van der Waals surface area (Å²) in [5.41, 5.74) is -1.73. The van der Waals surface area contributed by atoms with Gasteiger partial charge in [-0.15, -0.1) is 13.2 Å². The fourth-order valence-corrected chi connectivity index (χ4v) is 5.74. The van der Waals surface area contributed by atoms with Gasteiger partial charge < -0.3 is 14.2 Å². The van der Waals surface area contributed by atoms with Crippen LogP contribution in [0.15, 0.2) is 66.7 Å². The second-order valence-corrected chi connectivity index (χ2v) is 11.4. The minimum absolute atomic E-state index is 0.0862. The average Bonchev–Trinajstić information content (AvgIpc) is 3.00. The van der Waals surface area contributed by atoms with Gasteiger partial charge in [-0.25, -0.2) is 22.0 Å². The summed E-state index contributed by atoms with van der Waals surface area (Å²) >= 11 is 0. The number of ether oxygens (including phenoxy) is 3. The molecule has 0 amide bonds. The first kappa shape index (κ1) is 35.1. The van der Waals surface area contributed by atoms with Gasteiger partial charge in [-0.2, -0.15) is 8.78 Å². The first-order valence-electron chi connectivity index (χ1n) is 15.0. The van der Waals surface area contributed by atoms with Crippen LogP contribution in [0.3, 0.4) is 0 Å². The summed E-state index contributed by atoms with van der Waals surface area (Å²) in [6.07, 6.45) is -5.51. The smallest absolute Gasteiger partial charge is 0.429 e. The van der Waals surface area contributed by atoms with Crippen molar-refractivity contribution in [2.24, 2.45) is 0 Å². The van der Waals surface area contributed by atoms with Crippen molar-refractivity contribution < 1.29 is 58.1 Å². The summed E-state index contributed by atoms with van der Waals surface area (Å²) in [6.45, 7) is 2.74. The topological polar surface area (TPSA) is 27.7 Å². The molecule has 1 saturated carbocycles. The molecule has 3 nitrogen and oxygen atoms in total. The van der Waals surface area contributed by atoms with E-state index in [0.29, 0.717) is 30.9 Å². The van der Waals surface area contributed by atoms with E-state index in [-0.39, 0.29) is 34.8 Å². The minimum Gasteiger partial charge on any atom is -0.429 e. The van der Waals surface area contributed by atoms with E-state index in [1.54, 1.807) is 6.07 Å². The fourth-order valence-electron chi connectivity index (χ4n) is 5.74. The van der Waals surface area contributed by atoms with Crippen molar-refractivity contribution in [3.05, 3.63) is 107 Å². The first-order valence-corrected chi connectivity index (χ1v) is 15.0. The van der Waals surface area contributed by atoms with Crippen LogP contribution < -0.4 is 9.47 Å². The van der Waals surface area contributed by atoms with Gasteiger partial charge in [-0.3, -0.25) is 0 Å². The van der Waals surface area contributed by atoms with Gasteiger partial charge in [0.05, 0.1) is 6.10 Å². The predicted molar refractivity (Wildman–Crippen MR) is 156 cm³/mol. The quantitative estimate of drug-likeness (QED) is 0.155. The highest BCUT2D eigenvalue weighted by molar-refractivity contribution is 5.72. The Morgan fingerprint density at radius 1 is 0.625 bits per heavy atom. The maximum atomic E-state index is 15.2. The van der Waals surface area contributed by atoms with Crippen molar-refractivity contribution in [1.82, 2.24) is 0 Å². The lowest BCUT2D eigenvalue weighted by atomic mass is 9.82. The molecule has 0 bridgehead atoms. The molecule has 0 saturated heterocycles. The molecule has 13 heteroatoms. The lowest BCUT2D eigenvalue weighted by Crippen LogP contribution is -2.25. The van der Waals surface area contributed by atoms with Crippen molar-refractivity contribution in [3.8, 4) is 33.8 Å². The zero-order valence-corrected chi connectivity index (χ0v) is 25.3. The van der Waals surface area contributed by atoms with Crippen molar-refractivity contribution in [1.29, 1.82) is 0 Å². The van der Waals surface area contributed by atoms with Gasteiger partial charge in [0.2, 0.25) is 0 Å². The molecule has 0 spiro atoms. The van der Waals surface area contributed by atoms with Crippen LogP contribution in [-0.4, -0.2) is 19.1 Å². The monoisotopic (exact) mass is 686 g/mol. The Hall–Kier alpha value is -4.26. The molecular formula is C35H28F10O3. The van der Waals surface area contributed by atoms with Crippen molar-refractivity contribution in [2.75, 3.05) is 6.61 Å². The zero-order chi connectivity index (χ0) is 34.8. The van der Waals surface area contributed by atoms with E-state index < -0.39 is 64.2 Å². The third-order valence-corrected chi connectivity index (χ3v) is 8.00. The van der Waals surface area contributed by atoms with Gasteiger partial charge >= 0.3 is 12.5 Å². The molecule has 4 aromatic rings. The van der Waals surface area contributed by atoms with E-state index in [0.717, 1.165) is 49.8 Å². The lowest BCUT2D eigenvalue weighted by molar-refractivity contribution is -0.275. The molecule has 4 aromatic carbocycles. The van der Waals surface area contributed by atoms with Crippen molar-refractivity contribution in [2.45, 2.75) is 63.5 Å². The van der Waals surface area contributed by atoms with E-state index in [4.69, 9.17) is 4.74 Å². The van der Waals surface area contributed by atoms with Crippen LogP contribution >= 0.6 is 0 Å². The number of alkyl halides is 5. The molecule has 0 atom stereocenters. The van der Waals surface area contributed by atoms with E-state index in [9.17, 15) is 35.1 Å². The van der Waals surface area contributed by atoms with Crippen LogP contribution in [0.5, 0.6) is 11.5 Å². The highest BCUT2D eigenvalue weighted by atomic mass is 19.4. The molecular weight excluding hydrogens is 658 g/mol. The van der Waals surface area contributed by atoms with Crippen LogP contribution in [0.1, 0.15) is 56.1 Å². The molecule has 48 heavy (non-hydrogen) atoms. The number of halogens is 10. The van der Waals surface area contributed by atoms with Crippen LogP contribution in [0, 0.1) is 29.1 Å². The zero-order valence-electron chi connectivity index (χ0n) is 25.3. The molecule has 0 unspecified atom stereocenters. The lowest BCUT2D eigenvalue weighted by Gasteiger charge is -2.29. The Kier molecular flexibility index (Phi) is 10.3. The Morgan fingerprint density at radius 2 is 1.23 bits per heavy atom. The SMILES string of the molecule is CCCOC1CCC(c2ccc(-c3ccc(-c4cc(F)c(C(F)(F)Oc5ccc(OC(F)(F)F)c(F)c5)c(F)c4)c(F)c3)c(F)c2)CC1. The highest BCUT2D eigenvalue weighted by Crippen LogP contribution is 2.40. The molecule has 1 aliphatic carbocycles. The highest BCUT2D eigenvalue weighted by Gasteiger charge is 2.42. The number of hydrogen-bond acceptors (Lipinski definition) is 3. The summed E-state index contributed by atoms with van der Waals surface area (Å²) in [6, 6.07) is 9.86. The van der Waals surface area contributed by atoms with Gasteiger partial charge in [-0.05, 0) is 91.1 Å². The Bertz CT molecular complexity index is 1740. The molecule has 256 valence electrons. The molecule has 0 N–H and O–H groups in total. The third kappa shape index (κ3) is 8.05. The van der Waals surface area contributed by atoms with Crippen molar-refractivity contribution >= 4 is 0 Å². The number of hydrogen-bond donors (Lipinski definition) is 0. The van der Waals surface area contributed by atoms with Gasteiger partial charge in [-0.1, -0.05) is 31.2 Å². The average molecular weight is 687 g/mol. The summed E-state index contributed by atoms with van der Waals surface area (Å²) in [5.74, 6) is -9.32. The second-order valence-electron chi connectivity index (χ2n) is 11.4. The maximum Gasteiger partial charge on any atom is 0.573 e. The summed E-state index contributed by atoms with van der Waals surface area (Å²) in [5, 5.41) is 0. The predicted octanol–water partition coefficient (Wildman–Crippen LogP) is 11.2. The minimum atomic E-state index is -5.27. The molecule has 1 fully saturated rings. The normalized spacial score (nSPS) is 17.0. The summed E-state index contributed by atoms with van der Waals surface area (Å²) < 4.78 is 154. The molecule has 0 heterocycles. The van der Waals surface area contributed by atoms with Crippen LogP contribution in [0.4, 0.5) is 43.9 Å². The molecule has 0 aliphatic heterocycles. The van der Waals surface area contributed by atoms with Crippen LogP contribution in [-0.2, 0) is 10.8 Å². The first-order chi connectivity index (χ1) is 22.6. The van der Waals surface area contributed by atoms with Gasteiger partial charge in [0.25, 0.3) is 0 Å². The number of benzene rings is 4. The van der Waals surface area contributed by atoms with Gasteiger partial charge in [0.1, 0.15) is 34.6 Å². The second kappa shape index (κ2) is 14.1. The van der Waals surface area contributed by atoms with Gasteiger partial charge in [0, 0.05) is 23.8 Å². The maximum absolute atomic E-state index is 15.2. The third-order valence-electron chi connectivity index (χ3n) is 8.00. The molecule has 0 aromatic heterocycles. The Morgan fingerprint density at radius 3 is 1.81 bits per heavy atom. The Balaban J connectivity index is 1.32. The van der Waals surface area contributed by atoms with Crippen LogP contribution in [0.25, 0.3) is 22.3 Å². The van der Waals surface area contributed by atoms with Crippen molar-refractivity contribution in [3.63, 3.8) is 0 Å².